The summed E-state index contributed by atoms with van der Waals surface area (Å²) >= 11 is 0. The van der Waals surface area contributed by atoms with Crippen molar-refractivity contribution in [3.63, 3.8) is 0 Å². The molecule has 0 amide bonds. The molecule has 1 aliphatic rings. The van der Waals surface area contributed by atoms with Crippen molar-refractivity contribution in [2.75, 3.05) is 7.11 Å². The molecule has 1 aliphatic carbocycles. The third-order valence-corrected chi connectivity index (χ3v) is 3.17. The van der Waals surface area contributed by atoms with Crippen LogP contribution >= 0.6 is 0 Å². The molecule has 1 aromatic carbocycles. The zero-order chi connectivity index (χ0) is 11.9. The number of carboxylic acids is 1. The number of carbonyl (C=O) groups is 1. The van der Waals surface area contributed by atoms with Gasteiger partial charge in [-0.25, -0.2) is 4.39 Å². The molecule has 86 valence electrons. The molecule has 4 heteroatoms. The first kappa shape index (κ1) is 10.9. The van der Waals surface area contributed by atoms with Gasteiger partial charge in [0.2, 0.25) is 0 Å². The number of aryl methyl sites for hydroxylation is 1. The van der Waals surface area contributed by atoms with E-state index >= 15 is 0 Å². The van der Waals surface area contributed by atoms with Crippen LogP contribution in [0.5, 0.6) is 5.75 Å². The van der Waals surface area contributed by atoms with Crippen molar-refractivity contribution in [3.8, 4) is 5.75 Å². The molecular weight excluding hydrogens is 211 g/mol. The van der Waals surface area contributed by atoms with Crippen molar-refractivity contribution in [1.29, 1.82) is 0 Å². The van der Waals surface area contributed by atoms with Crippen LogP contribution in [0.2, 0.25) is 0 Å². The predicted molar refractivity (Wildman–Crippen MR) is 56.2 cm³/mol. The lowest BCUT2D eigenvalue weighted by Crippen LogP contribution is -2.21. The summed E-state index contributed by atoms with van der Waals surface area (Å²) in [5, 5.41) is 9.15. The van der Waals surface area contributed by atoms with Gasteiger partial charge in [-0.15, -0.1) is 0 Å². The number of methoxy groups -OCH3 is 1. The predicted octanol–water partition coefficient (Wildman–Crippen LogP) is 2.26. The normalized spacial score (nSPS) is 16.9. The van der Waals surface area contributed by atoms with Gasteiger partial charge in [-0.05, 0) is 43.0 Å². The second-order valence-corrected chi connectivity index (χ2v) is 4.19. The monoisotopic (exact) mass is 224 g/mol. The van der Waals surface area contributed by atoms with Gasteiger partial charge in [-0.3, -0.25) is 4.79 Å². The SMILES string of the molecule is COc1cc(C)c(C2(C(=O)O)CC2)cc1F. The van der Waals surface area contributed by atoms with Crippen molar-refractivity contribution >= 4 is 5.97 Å². The minimum absolute atomic E-state index is 0.155. The number of carboxylic acid groups (broad SMARTS) is 1. The maximum Gasteiger partial charge on any atom is 0.314 e. The maximum absolute atomic E-state index is 13.5. The van der Waals surface area contributed by atoms with Crippen LogP contribution in [0.25, 0.3) is 0 Å². The fourth-order valence-corrected chi connectivity index (χ4v) is 2.05. The van der Waals surface area contributed by atoms with Crippen molar-refractivity contribution in [3.05, 3.63) is 29.1 Å². The van der Waals surface area contributed by atoms with Crippen LogP contribution in [0.4, 0.5) is 4.39 Å². The van der Waals surface area contributed by atoms with Crippen LogP contribution in [-0.4, -0.2) is 18.2 Å². The zero-order valence-corrected chi connectivity index (χ0v) is 9.21. The van der Waals surface area contributed by atoms with Crippen LogP contribution in [-0.2, 0) is 10.2 Å². The number of hydrogen-bond acceptors (Lipinski definition) is 2. The van der Waals surface area contributed by atoms with E-state index in [0.717, 1.165) is 5.56 Å². The fraction of sp³-hybridized carbons (Fsp3) is 0.417. The van der Waals surface area contributed by atoms with Gasteiger partial charge in [0.25, 0.3) is 0 Å². The number of aliphatic carboxylic acids is 1. The highest BCUT2D eigenvalue weighted by Crippen LogP contribution is 2.50. The minimum Gasteiger partial charge on any atom is -0.494 e. The van der Waals surface area contributed by atoms with E-state index in [9.17, 15) is 9.18 Å². The van der Waals surface area contributed by atoms with Gasteiger partial charge in [0.1, 0.15) is 0 Å². The molecule has 0 aromatic heterocycles. The number of rotatable bonds is 3. The molecule has 0 heterocycles. The van der Waals surface area contributed by atoms with Crippen molar-refractivity contribution in [1.82, 2.24) is 0 Å². The molecule has 0 bridgehead atoms. The summed E-state index contributed by atoms with van der Waals surface area (Å²) in [4.78, 5) is 11.1. The largest absolute Gasteiger partial charge is 0.494 e. The Kier molecular flexibility index (Phi) is 2.37. The molecule has 0 atom stereocenters. The van der Waals surface area contributed by atoms with E-state index in [1.54, 1.807) is 13.0 Å². The van der Waals surface area contributed by atoms with E-state index in [-0.39, 0.29) is 5.75 Å². The molecule has 0 spiro atoms. The number of hydrogen-bond donors (Lipinski definition) is 1. The molecule has 0 unspecified atom stereocenters. The quantitative estimate of drug-likeness (QED) is 0.856. The lowest BCUT2D eigenvalue weighted by molar-refractivity contribution is -0.140. The Hall–Kier alpha value is -1.58. The molecule has 0 aliphatic heterocycles. The maximum atomic E-state index is 13.5. The van der Waals surface area contributed by atoms with Crippen molar-refractivity contribution in [2.24, 2.45) is 0 Å². The van der Waals surface area contributed by atoms with Gasteiger partial charge in [0.05, 0.1) is 12.5 Å². The van der Waals surface area contributed by atoms with Crippen LogP contribution in [0, 0.1) is 12.7 Å². The van der Waals surface area contributed by atoms with Crippen LogP contribution in [0.1, 0.15) is 24.0 Å². The number of ether oxygens (including phenoxy) is 1. The lowest BCUT2D eigenvalue weighted by atomic mass is 9.91. The first-order chi connectivity index (χ1) is 7.51. The van der Waals surface area contributed by atoms with Crippen molar-refractivity contribution in [2.45, 2.75) is 25.2 Å². The van der Waals surface area contributed by atoms with Gasteiger partial charge in [0, 0.05) is 0 Å². The highest BCUT2D eigenvalue weighted by molar-refractivity contribution is 5.85. The van der Waals surface area contributed by atoms with Gasteiger partial charge in [-0.2, -0.15) is 0 Å². The minimum atomic E-state index is -0.875. The van der Waals surface area contributed by atoms with Gasteiger partial charge in [-0.1, -0.05) is 0 Å². The Morgan fingerprint density at radius 3 is 2.56 bits per heavy atom. The van der Waals surface area contributed by atoms with E-state index in [4.69, 9.17) is 9.84 Å². The summed E-state index contributed by atoms with van der Waals surface area (Å²) in [6.07, 6.45) is 1.16. The number of benzene rings is 1. The Morgan fingerprint density at radius 1 is 1.50 bits per heavy atom. The summed E-state index contributed by atoms with van der Waals surface area (Å²) < 4.78 is 18.4. The lowest BCUT2D eigenvalue weighted by Gasteiger charge is -2.15. The third-order valence-electron chi connectivity index (χ3n) is 3.17. The van der Waals surface area contributed by atoms with E-state index in [0.29, 0.717) is 18.4 Å². The molecule has 2 rings (SSSR count). The van der Waals surface area contributed by atoms with E-state index < -0.39 is 17.2 Å². The highest BCUT2D eigenvalue weighted by atomic mass is 19.1. The summed E-state index contributed by atoms with van der Waals surface area (Å²) in [7, 11) is 1.39. The summed E-state index contributed by atoms with van der Waals surface area (Å²) in [6, 6.07) is 2.84. The smallest absolute Gasteiger partial charge is 0.314 e. The molecule has 1 saturated carbocycles. The van der Waals surface area contributed by atoms with E-state index in [1.165, 1.54) is 13.2 Å². The average molecular weight is 224 g/mol. The molecule has 0 saturated heterocycles. The van der Waals surface area contributed by atoms with Crippen LogP contribution in [0.15, 0.2) is 12.1 Å². The summed E-state index contributed by atoms with van der Waals surface area (Å²) in [5.41, 5.74) is 0.466. The van der Waals surface area contributed by atoms with Gasteiger partial charge < -0.3 is 9.84 Å². The second-order valence-electron chi connectivity index (χ2n) is 4.19. The molecule has 3 nitrogen and oxygen atoms in total. The van der Waals surface area contributed by atoms with Crippen molar-refractivity contribution < 1.29 is 19.0 Å². The first-order valence-corrected chi connectivity index (χ1v) is 5.09. The molecule has 1 N–H and O–H groups in total. The Bertz CT molecular complexity index is 450. The zero-order valence-electron chi connectivity index (χ0n) is 9.21. The molecule has 16 heavy (non-hydrogen) atoms. The third kappa shape index (κ3) is 1.45. The Morgan fingerprint density at radius 2 is 2.12 bits per heavy atom. The fourth-order valence-electron chi connectivity index (χ4n) is 2.05. The molecular formula is C12H13FO3. The molecule has 1 fully saturated rings. The van der Waals surface area contributed by atoms with Crippen LogP contribution in [0.3, 0.4) is 0 Å². The first-order valence-electron chi connectivity index (χ1n) is 5.09. The van der Waals surface area contributed by atoms with E-state index in [2.05, 4.69) is 0 Å². The Balaban J connectivity index is 2.51. The molecule has 1 aromatic rings. The topological polar surface area (TPSA) is 46.5 Å². The van der Waals surface area contributed by atoms with Crippen LogP contribution < -0.4 is 4.74 Å². The summed E-state index contributed by atoms with van der Waals surface area (Å²) in [6.45, 7) is 1.78. The van der Waals surface area contributed by atoms with Gasteiger partial charge in [0.15, 0.2) is 11.6 Å². The highest BCUT2D eigenvalue weighted by Gasteiger charge is 2.52. The van der Waals surface area contributed by atoms with Gasteiger partial charge >= 0.3 is 5.97 Å². The standard InChI is InChI=1S/C12H13FO3/c1-7-5-10(16-2)9(13)6-8(7)12(3-4-12)11(14)15/h5-6H,3-4H2,1-2H3,(H,14,15). The Labute approximate surface area is 92.9 Å². The second kappa shape index (κ2) is 3.47. The summed E-state index contributed by atoms with van der Waals surface area (Å²) in [5.74, 6) is -1.22. The molecule has 0 radical (unpaired) electrons. The average Bonchev–Trinajstić information content (AvgIpc) is 3.01. The number of halogens is 1. The van der Waals surface area contributed by atoms with E-state index in [1.807, 2.05) is 0 Å².